The van der Waals surface area contributed by atoms with Crippen molar-refractivity contribution in [3.05, 3.63) is 123 Å². The molecule has 8 rings (SSSR count). The summed E-state index contributed by atoms with van der Waals surface area (Å²) in [6.07, 6.45) is 7.78. The minimum Gasteiger partial charge on any atom is -0.508 e. The first kappa shape index (κ1) is 33.0. The van der Waals surface area contributed by atoms with Gasteiger partial charge in [-0.05, 0) is 85.7 Å². The number of imidazole rings is 1. The Bertz CT molecular complexity index is 2350. The summed E-state index contributed by atoms with van der Waals surface area (Å²) in [7, 11) is 0. The van der Waals surface area contributed by atoms with Gasteiger partial charge in [0.05, 0.1) is 30.0 Å². The second kappa shape index (κ2) is 13.9. The van der Waals surface area contributed by atoms with Crippen LogP contribution < -0.4 is 16.6 Å². The number of nitrogens with one attached hydrogen (secondary N) is 1. The molecule has 1 aliphatic heterocycles. The molecule has 262 valence electrons. The summed E-state index contributed by atoms with van der Waals surface area (Å²) in [6, 6.07) is 18.0. The molecule has 0 unspecified atom stereocenters. The van der Waals surface area contributed by atoms with Gasteiger partial charge in [-0.2, -0.15) is 0 Å². The summed E-state index contributed by atoms with van der Waals surface area (Å²) >= 11 is 0. The SMILES string of the molecule is Cc1cnc2c(c1)c(=O)n(C1CCC(NCc3cn4cc(F)ccc4n3)CC1)c(=O)n2-c1cccc(-c2cccc(O)c2CN2CCOCC2)c1. The largest absolute Gasteiger partial charge is 0.508 e. The van der Waals surface area contributed by atoms with Crippen molar-refractivity contribution < 1.29 is 14.2 Å². The van der Waals surface area contributed by atoms with Crippen LogP contribution in [0, 0.1) is 12.7 Å². The van der Waals surface area contributed by atoms with E-state index in [0.717, 1.165) is 53.9 Å². The predicted octanol–water partition coefficient (Wildman–Crippen LogP) is 5.12. The fraction of sp³-hybridized carbons (Fsp3) is 0.333. The number of fused-ring (bicyclic) bond motifs is 2. The number of phenols is 1. The van der Waals surface area contributed by atoms with Gasteiger partial charge in [0.25, 0.3) is 5.56 Å². The van der Waals surface area contributed by atoms with Crippen LogP contribution in [-0.4, -0.2) is 65.9 Å². The number of nitrogens with zero attached hydrogens (tertiary/aromatic N) is 6. The summed E-state index contributed by atoms with van der Waals surface area (Å²) in [5.74, 6) is -0.0963. The van der Waals surface area contributed by atoms with Crippen LogP contribution in [0.25, 0.3) is 33.5 Å². The molecule has 1 saturated carbocycles. The quantitative estimate of drug-likeness (QED) is 0.226. The molecule has 4 aromatic heterocycles. The molecule has 12 heteroatoms. The number of rotatable bonds is 8. The summed E-state index contributed by atoms with van der Waals surface area (Å²) in [5.41, 5.74) is 5.04. The molecule has 2 aliphatic rings. The Kier molecular flexibility index (Phi) is 8.97. The van der Waals surface area contributed by atoms with Crippen LogP contribution in [0.3, 0.4) is 0 Å². The van der Waals surface area contributed by atoms with Crippen molar-refractivity contribution >= 4 is 16.7 Å². The van der Waals surface area contributed by atoms with Gasteiger partial charge in [-0.25, -0.2) is 23.7 Å². The molecule has 0 radical (unpaired) electrons. The van der Waals surface area contributed by atoms with E-state index in [4.69, 9.17) is 4.74 Å². The number of aromatic nitrogens is 5. The van der Waals surface area contributed by atoms with Crippen molar-refractivity contribution in [2.45, 2.75) is 57.8 Å². The first-order valence-electron chi connectivity index (χ1n) is 17.5. The lowest BCUT2D eigenvalue weighted by atomic mass is 9.91. The number of aromatic hydroxyl groups is 1. The molecular weight excluding hydrogens is 649 g/mol. The molecule has 5 heterocycles. The van der Waals surface area contributed by atoms with Gasteiger partial charge in [0.15, 0.2) is 5.65 Å². The number of hydrogen-bond acceptors (Lipinski definition) is 8. The first-order valence-corrected chi connectivity index (χ1v) is 17.5. The van der Waals surface area contributed by atoms with E-state index in [-0.39, 0.29) is 29.2 Å². The smallest absolute Gasteiger partial charge is 0.337 e. The third kappa shape index (κ3) is 6.58. The molecule has 2 aromatic carbocycles. The number of morpholine rings is 1. The molecule has 0 amide bonds. The number of ether oxygens (including phenoxy) is 1. The number of phenolic OH excluding ortho intramolecular Hbond substituents is 1. The van der Waals surface area contributed by atoms with Crippen molar-refractivity contribution in [1.82, 2.24) is 33.7 Å². The van der Waals surface area contributed by atoms with Crippen molar-refractivity contribution in [2.24, 2.45) is 0 Å². The molecule has 0 atom stereocenters. The second-order valence-electron chi connectivity index (χ2n) is 13.7. The Morgan fingerprint density at radius 1 is 0.980 bits per heavy atom. The summed E-state index contributed by atoms with van der Waals surface area (Å²) < 4.78 is 23.8. The second-order valence-corrected chi connectivity index (χ2v) is 13.7. The maximum absolute atomic E-state index is 14.5. The number of pyridine rings is 2. The standard InChI is InChI=1S/C39H40FN7O4/c1-25-18-33-37(42-20-25)46(31-5-2-4-26(19-31)32-6-3-7-35(48)34(32)24-44-14-16-51-17-15-44)39(50)47(38(33)49)30-11-9-28(10-12-30)41-21-29-23-45-22-27(40)8-13-36(45)43-29/h2-8,13,18-20,22-23,28,30,41,48H,9-12,14-17,21,24H2,1H3. The van der Waals surface area contributed by atoms with Crippen LogP contribution >= 0.6 is 0 Å². The van der Waals surface area contributed by atoms with E-state index in [1.165, 1.54) is 16.8 Å². The number of hydrogen-bond donors (Lipinski definition) is 2. The van der Waals surface area contributed by atoms with E-state index in [1.54, 1.807) is 27.3 Å². The molecule has 0 bridgehead atoms. The molecule has 6 aromatic rings. The van der Waals surface area contributed by atoms with Crippen LogP contribution in [0.2, 0.25) is 0 Å². The minimum absolute atomic E-state index is 0.190. The van der Waals surface area contributed by atoms with E-state index in [9.17, 15) is 19.1 Å². The summed E-state index contributed by atoms with van der Waals surface area (Å²) in [4.78, 5) is 40.0. The molecule has 1 saturated heterocycles. The Labute approximate surface area is 293 Å². The molecule has 11 nitrogen and oxygen atoms in total. The van der Waals surface area contributed by atoms with E-state index < -0.39 is 5.69 Å². The third-order valence-corrected chi connectivity index (χ3v) is 10.2. The van der Waals surface area contributed by atoms with Crippen molar-refractivity contribution in [1.29, 1.82) is 0 Å². The monoisotopic (exact) mass is 689 g/mol. The van der Waals surface area contributed by atoms with E-state index in [2.05, 4.69) is 20.2 Å². The van der Waals surface area contributed by atoms with Gasteiger partial charge in [0.1, 0.15) is 17.2 Å². The van der Waals surface area contributed by atoms with Crippen LogP contribution in [0.4, 0.5) is 4.39 Å². The van der Waals surface area contributed by atoms with Gasteiger partial charge in [-0.15, -0.1) is 0 Å². The van der Waals surface area contributed by atoms with Crippen molar-refractivity contribution in [3.8, 4) is 22.6 Å². The molecule has 51 heavy (non-hydrogen) atoms. The number of benzene rings is 2. The maximum atomic E-state index is 14.5. The van der Waals surface area contributed by atoms with Gasteiger partial charge in [0, 0.05) is 62.4 Å². The maximum Gasteiger partial charge on any atom is 0.337 e. The average Bonchev–Trinajstić information content (AvgIpc) is 3.55. The Morgan fingerprint density at radius 3 is 2.61 bits per heavy atom. The lowest BCUT2D eigenvalue weighted by Gasteiger charge is -2.30. The normalized spacial score (nSPS) is 18.5. The van der Waals surface area contributed by atoms with Gasteiger partial charge in [-0.1, -0.05) is 24.3 Å². The van der Waals surface area contributed by atoms with Gasteiger partial charge in [-0.3, -0.25) is 14.3 Å². The third-order valence-electron chi connectivity index (χ3n) is 10.2. The number of halogens is 1. The highest BCUT2D eigenvalue weighted by molar-refractivity contribution is 5.78. The molecule has 1 aliphatic carbocycles. The topological polar surface area (TPSA) is 119 Å². The summed E-state index contributed by atoms with van der Waals surface area (Å²) in [5, 5.41) is 14.9. The zero-order valence-electron chi connectivity index (χ0n) is 28.5. The van der Waals surface area contributed by atoms with Crippen LogP contribution in [0.5, 0.6) is 5.75 Å². The van der Waals surface area contributed by atoms with Gasteiger partial charge >= 0.3 is 5.69 Å². The molecular formula is C39H40FN7O4. The minimum atomic E-state index is -0.418. The van der Waals surface area contributed by atoms with E-state index in [0.29, 0.717) is 61.5 Å². The Balaban J connectivity index is 1.09. The van der Waals surface area contributed by atoms with Gasteiger partial charge < -0.3 is 19.6 Å². The highest BCUT2D eigenvalue weighted by atomic mass is 19.1. The fourth-order valence-electron chi connectivity index (χ4n) is 7.56. The summed E-state index contributed by atoms with van der Waals surface area (Å²) in [6.45, 7) is 5.87. The van der Waals surface area contributed by atoms with E-state index >= 15 is 0 Å². The lowest BCUT2D eigenvalue weighted by molar-refractivity contribution is 0.0339. The van der Waals surface area contributed by atoms with Crippen molar-refractivity contribution in [2.75, 3.05) is 26.3 Å². The first-order chi connectivity index (χ1) is 24.8. The molecule has 0 spiro atoms. The van der Waals surface area contributed by atoms with Crippen molar-refractivity contribution in [3.63, 3.8) is 0 Å². The highest BCUT2D eigenvalue weighted by Gasteiger charge is 2.27. The Morgan fingerprint density at radius 2 is 1.78 bits per heavy atom. The zero-order chi connectivity index (χ0) is 35.1. The van der Waals surface area contributed by atoms with Crippen LogP contribution in [0.1, 0.15) is 48.5 Å². The Hall–Kier alpha value is -5.17. The fourth-order valence-corrected chi connectivity index (χ4v) is 7.56. The zero-order valence-corrected chi connectivity index (χ0v) is 28.5. The molecule has 2 N–H and O–H groups in total. The lowest BCUT2D eigenvalue weighted by Crippen LogP contribution is -2.44. The predicted molar refractivity (Wildman–Crippen MR) is 193 cm³/mol. The molecule has 2 fully saturated rings. The van der Waals surface area contributed by atoms with Crippen LogP contribution in [0.15, 0.2) is 88.8 Å². The average molecular weight is 690 g/mol. The highest BCUT2D eigenvalue weighted by Crippen LogP contribution is 2.33. The van der Waals surface area contributed by atoms with Gasteiger partial charge in [0.2, 0.25) is 0 Å². The number of aryl methyl sites for hydroxylation is 1. The van der Waals surface area contributed by atoms with E-state index in [1.807, 2.05) is 55.6 Å². The van der Waals surface area contributed by atoms with Crippen LogP contribution in [-0.2, 0) is 17.8 Å².